The van der Waals surface area contributed by atoms with Crippen molar-refractivity contribution in [2.45, 2.75) is 13.1 Å². The zero-order valence-corrected chi connectivity index (χ0v) is 12.0. The van der Waals surface area contributed by atoms with E-state index >= 15 is 0 Å². The van der Waals surface area contributed by atoms with Crippen LogP contribution in [0, 0.1) is 6.92 Å². The molecular formula is C14H11BrF3NO. The van der Waals surface area contributed by atoms with Crippen LogP contribution in [0.5, 0.6) is 11.5 Å². The van der Waals surface area contributed by atoms with Crippen molar-refractivity contribution in [3.63, 3.8) is 0 Å². The molecule has 0 aromatic heterocycles. The van der Waals surface area contributed by atoms with Gasteiger partial charge in [-0.2, -0.15) is 13.2 Å². The van der Waals surface area contributed by atoms with Crippen molar-refractivity contribution in [1.29, 1.82) is 0 Å². The molecule has 2 aromatic rings. The van der Waals surface area contributed by atoms with E-state index < -0.39 is 11.7 Å². The third-order valence-corrected chi connectivity index (χ3v) is 3.42. The molecular weight excluding hydrogens is 335 g/mol. The van der Waals surface area contributed by atoms with Gasteiger partial charge in [-0.1, -0.05) is 6.07 Å². The molecule has 2 N–H and O–H groups in total. The van der Waals surface area contributed by atoms with E-state index in [4.69, 9.17) is 10.5 Å². The van der Waals surface area contributed by atoms with Gasteiger partial charge in [-0.25, -0.2) is 0 Å². The number of rotatable bonds is 2. The number of ether oxygens (including phenoxy) is 1. The lowest BCUT2D eigenvalue weighted by molar-refractivity contribution is -0.137. The SMILES string of the molecule is Cc1c(N)cccc1Oc1ccc(C(F)(F)F)cc1Br. The summed E-state index contributed by atoms with van der Waals surface area (Å²) in [6, 6.07) is 8.38. The molecule has 6 heteroatoms. The summed E-state index contributed by atoms with van der Waals surface area (Å²) in [6.07, 6.45) is -4.38. The Bertz CT molecular complexity index is 641. The topological polar surface area (TPSA) is 35.2 Å². The van der Waals surface area contributed by atoms with Gasteiger partial charge < -0.3 is 10.5 Å². The van der Waals surface area contributed by atoms with Gasteiger partial charge in [-0.3, -0.25) is 0 Å². The minimum absolute atomic E-state index is 0.231. The van der Waals surface area contributed by atoms with E-state index in [1.165, 1.54) is 6.07 Å². The normalized spacial score (nSPS) is 11.4. The lowest BCUT2D eigenvalue weighted by Gasteiger charge is -2.13. The van der Waals surface area contributed by atoms with Gasteiger partial charge in [0, 0.05) is 11.3 Å². The Balaban J connectivity index is 2.33. The molecule has 0 aliphatic heterocycles. The predicted octanol–water partition coefficient (Wildman–Crippen LogP) is 5.15. The summed E-state index contributed by atoms with van der Waals surface area (Å²) in [7, 11) is 0. The largest absolute Gasteiger partial charge is 0.456 e. The van der Waals surface area contributed by atoms with E-state index in [2.05, 4.69) is 15.9 Å². The number of halogens is 4. The molecule has 0 saturated carbocycles. The maximum Gasteiger partial charge on any atom is 0.416 e. The van der Waals surface area contributed by atoms with Crippen LogP contribution >= 0.6 is 15.9 Å². The van der Waals surface area contributed by atoms with Crippen LogP contribution in [0.3, 0.4) is 0 Å². The van der Waals surface area contributed by atoms with Gasteiger partial charge in [0.2, 0.25) is 0 Å². The minimum Gasteiger partial charge on any atom is -0.456 e. The number of nitrogen functional groups attached to an aromatic ring is 1. The summed E-state index contributed by atoms with van der Waals surface area (Å²) in [5.74, 6) is 0.803. The highest BCUT2D eigenvalue weighted by Crippen LogP contribution is 2.37. The van der Waals surface area contributed by atoms with Crippen LogP contribution in [-0.4, -0.2) is 0 Å². The Morgan fingerprint density at radius 2 is 1.80 bits per heavy atom. The van der Waals surface area contributed by atoms with Gasteiger partial charge in [-0.05, 0) is 53.2 Å². The van der Waals surface area contributed by atoms with Crippen molar-refractivity contribution in [3.8, 4) is 11.5 Å². The first-order valence-electron chi connectivity index (χ1n) is 5.68. The smallest absolute Gasteiger partial charge is 0.416 e. The molecule has 0 aliphatic carbocycles. The molecule has 2 nitrogen and oxygen atoms in total. The monoisotopic (exact) mass is 345 g/mol. The highest BCUT2D eigenvalue weighted by molar-refractivity contribution is 9.10. The molecule has 0 aliphatic rings. The molecule has 0 spiro atoms. The van der Waals surface area contributed by atoms with Crippen molar-refractivity contribution >= 4 is 21.6 Å². The van der Waals surface area contributed by atoms with Gasteiger partial charge in [0.15, 0.2) is 0 Å². The molecule has 2 aromatic carbocycles. The first-order chi connectivity index (χ1) is 9.29. The van der Waals surface area contributed by atoms with Gasteiger partial charge >= 0.3 is 6.18 Å². The lowest BCUT2D eigenvalue weighted by atomic mass is 10.2. The van der Waals surface area contributed by atoms with E-state index in [0.29, 0.717) is 17.2 Å². The van der Waals surface area contributed by atoms with E-state index in [9.17, 15) is 13.2 Å². The number of nitrogens with two attached hydrogens (primary N) is 1. The molecule has 0 bridgehead atoms. The summed E-state index contributed by atoms with van der Waals surface area (Å²) in [6.45, 7) is 1.78. The van der Waals surface area contributed by atoms with Crippen LogP contribution in [0.1, 0.15) is 11.1 Å². The molecule has 0 unspecified atom stereocenters. The van der Waals surface area contributed by atoms with Crippen LogP contribution in [0.15, 0.2) is 40.9 Å². The molecule has 20 heavy (non-hydrogen) atoms. The highest BCUT2D eigenvalue weighted by atomic mass is 79.9. The first-order valence-corrected chi connectivity index (χ1v) is 6.48. The fourth-order valence-corrected chi connectivity index (χ4v) is 2.08. The van der Waals surface area contributed by atoms with Crippen LogP contribution < -0.4 is 10.5 Å². The van der Waals surface area contributed by atoms with Crippen molar-refractivity contribution in [3.05, 3.63) is 52.0 Å². The van der Waals surface area contributed by atoms with Crippen molar-refractivity contribution in [2.75, 3.05) is 5.73 Å². The molecule has 0 saturated heterocycles. The predicted molar refractivity (Wildman–Crippen MR) is 74.8 cm³/mol. The van der Waals surface area contributed by atoms with Gasteiger partial charge in [0.25, 0.3) is 0 Å². The Labute approximate surface area is 122 Å². The molecule has 0 atom stereocenters. The fraction of sp³-hybridized carbons (Fsp3) is 0.143. The summed E-state index contributed by atoms with van der Waals surface area (Å²) in [5, 5.41) is 0. The molecule has 0 radical (unpaired) electrons. The van der Waals surface area contributed by atoms with Gasteiger partial charge in [0.05, 0.1) is 10.0 Å². The summed E-state index contributed by atoms with van der Waals surface area (Å²) in [5.41, 5.74) is 6.31. The first kappa shape index (κ1) is 14.7. The number of anilines is 1. The summed E-state index contributed by atoms with van der Waals surface area (Å²) in [4.78, 5) is 0. The van der Waals surface area contributed by atoms with Crippen LogP contribution in [0.4, 0.5) is 18.9 Å². The van der Waals surface area contributed by atoms with Crippen molar-refractivity contribution in [1.82, 2.24) is 0 Å². The third-order valence-electron chi connectivity index (χ3n) is 2.81. The number of alkyl halides is 3. The Morgan fingerprint density at radius 3 is 2.40 bits per heavy atom. The van der Waals surface area contributed by atoms with Crippen LogP contribution in [0.25, 0.3) is 0 Å². The second-order valence-corrected chi connectivity index (χ2v) is 5.07. The van der Waals surface area contributed by atoms with E-state index in [1.54, 1.807) is 25.1 Å². The Morgan fingerprint density at radius 1 is 1.10 bits per heavy atom. The van der Waals surface area contributed by atoms with E-state index in [-0.39, 0.29) is 4.47 Å². The van der Waals surface area contributed by atoms with Crippen LogP contribution in [0.2, 0.25) is 0 Å². The number of hydrogen-bond donors (Lipinski definition) is 1. The Kier molecular flexibility index (Phi) is 3.94. The Hall–Kier alpha value is -1.69. The number of hydrogen-bond acceptors (Lipinski definition) is 2. The van der Waals surface area contributed by atoms with Gasteiger partial charge in [0.1, 0.15) is 11.5 Å². The average molecular weight is 346 g/mol. The zero-order chi connectivity index (χ0) is 14.9. The molecule has 0 amide bonds. The zero-order valence-electron chi connectivity index (χ0n) is 10.5. The third kappa shape index (κ3) is 3.07. The van der Waals surface area contributed by atoms with E-state index in [1.807, 2.05) is 0 Å². The fourth-order valence-electron chi connectivity index (χ4n) is 1.62. The summed E-state index contributed by atoms with van der Waals surface area (Å²) >= 11 is 3.08. The lowest BCUT2D eigenvalue weighted by Crippen LogP contribution is -2.04. The molecule has 0 fully saturated rings. The molecule has 0 heterocycles. The molecule has 106 valence electrons. The second-order valence-electron chi connectivity index (χ2n) is 4.22. The maximum atomic E-state index is 12.6. The van der Waals surface area contributed by atoms with Crippen molar-refractivity contribution in [2.24, 2.45) is 0 Å². The number of benzene rings is 2. The maximum absolute atomic E-state index is 12.6. The second kappa shape index (κ2) is 5.36. The quantitative estimate of drug-likeness (QED) is 0.763. The molecule has 2 rings (SSSR count). The van der Waals surface area contributed by atoms with Crippen LogP contribution in [-0.2, 0) is 6.18 Å². The van der Waals surface area contributed by atoms with Crippen molar-refractivity contribution < 1.29 is 17.9 Å². The van der Waals surface area contributed by atoms with E-state index in [0.717, 1.165) is 17.7 Å². The minimum atomic E-state index is -4.38. The van der Waals surface area contributed by atoms with Gasteiger partial charge in [-0.15, -0.1) is 0 Å². The summed E-state index contributed by atoms with van der Waals surface area (Å²) < 4.78 is 43.5. The highest BCUT2D eigenvalue weighted by Gasteiger charge is 2.31. The average Bonchev–Trinajstić information content (AvgIpc) is 2.36. The standard InChI is InChI=1S/C14H11BrF3NO/c1-8-11(19)3-2-4-12(8)20-13-6-5-9(7-10(13)15)14(16,17)18/h2-7H,19H2,1H3.